The standard InChI is InChI=1S/C25H29N3O2/c1-4-26-12-14-27(15-13-26)23-22(21-11-10-18(2)16-19(21)3)24(29)28(25(23)30)17-20-8-6-5-7-9-20/h5-11,16H,4,12-15,17H2,1-3H3. The lowest BCUT2D eigenvalue weighted by Gasteiger charge is -2.36. The smallest absolute Gasteiger partial charge is 0.278 e. The van der Waals surface area contributed by atoms with Crippen LogP contribution in [0, 0.1) is 13.8 Å². The number of carbonyl (C=O) groups is 2. The van der Waals surface area contributed by atoms with Crippen molar-refractivity contribution in [3.05, 3.63) is 76.5 Å². The Kier molecular flexibility index (Phi) is 5.73. The van der Waals surface area contributed by atoms with Gasteiger partial charge in [0, 0.05) is 26.2 Å². The first-order valence-corrected chi connectivity index (χ1v) is 10.7. The summed E-state index contributed by atoms with van der Waals surface area (Å²) in [6.45, 7) is 10.8. The van der Waals surface area contributed by atoms with Crippen molar-refractivity contribution in [2.45, 2.75) is 27.3 Å². The highest BCUT2D eigenvalue weighted by molar-refractivity contribution is 6.35. The third kappa shape index (κ3) is 3.77. The summed E-state index contributed by atoms with van der Waals surface area (Å²) < 4.78 is 0. The molecule has 5 heteroatoms. The van der Waals surface area contributed by atoms with Gasteiger partial charge in [-0.1, -0.05) is 61.0 Å². The van der Waals surface area contributed by atoms with Crippen LogP contribution in [0.15, 0.2) is 54.2 Å². The van der Waals surface area contributed by atoms with Crippen molar-refractivity contribution in [1.82, 2.24) is 14.7 Å². The molecule has 0 aromatic heterocycles. The summed E-state index contributed by atoms with van der Waals surface area (Å²) in [6.07, 6.45) is 0. The lowest BCUT2D eigenvalue weighted by atomic mass is 9.97. The zero-order valence-electron chi connectivity index (χ0n) is 18.0. The molecule has 0 saturated carbocycles. The van der Waals surface area contributed by atoms with Gasteiger partial charge in [-0.05, 0) is 37.1 Å². The molecular formula is C25H29N3O2. The third-order valence-corrected chi connectivity index (χ3v) is 6.11. The molecule has 2 aromatic rings. The van der Waals surface area contributed by atoms with Crippen molar-refractivity contribution in [3.8, 4) is 0 Å². The van der Waals surface area contributed by atoms with Gasteiger partial charge in [0.15, 0.2) is 0 Å². The Labute approximate surface area is 178 Å². The second-order valence-electron chi connectivity index (χ2n) is 8.15. The molecule has 0 radical (unpaired) electrons. The van der Waals surface area contributed by atoms with Crippen LogP contribution in [-0.4, -0.2) is 59.2 Å². The molecule has 0 spiro atoms. The van der Waals surface area contributed by atoms with E-state index >= 15 is 0 Å². The Hall–Kier alpha value is -2.92. The zero-order chi connectivity index (χ0) is 21.3. The topological polar surface area (TPSA) is 43.9 Å². The molecule has 1 saturated heterocycles. The molecule has 4 rings (SSSR count). The monoisotopic (exact) mass is 403 g/mol. The van der Waals surface area contributed by atoms with Crippen molar-refractivity contribution in [3.63, 3.8) is 0 Å². The van der Waals surface area contributed by atoms with Gasteiger partial charge in [-0.3, -0.25) is 14.5 Å². The van der Waals surface area contributed by atoms with E-state index in [9.17, 15) is 9.59 Å². The second kappa shape index (κ2) is 8.44. The first-order chi connectivity index (χ1) is 14.5. The van der Waals surface area contributed by atoms with Gasteiger partial charge in [-0.25, -0.2) is 0 Å². The normalized spacial score (nSPS) is 18.0. The average molecular weight is 404 g/mol. The van der Waals surface area contributed by atoms with Gasteiger partial charge in [0.05, 0.1) is 12.1 Å². The maximum Gasteiger partial charge on any atom is 0.278 e. The van der Waals surface area contributed by atoms with Crippen LogP contribution >= 0.6 is 0 Å². The van der Waals surface area contributed by atoms with Gasteiger partial charge >= 0.3 is 0 Å². The molecule has 5 nitrogen and oxygen atoms in total. The van der Waals surface area contributed by atoms with E-state index in [0.29, 0.717) is 17.8 Å². The highest BCUT2D eigenvalue weighted by atomic mass is 16.2. The first-order valence-electron chi connectivity index (χ1n) is 10.7. The van der Waals surface area contributed by atoms with Crippen molar-refractivity contribution in [2.24, 2.45) is 0 Å². The number of imide groups is 1. The predicted octanol–water partition coefficient (Wildman–Crippen LogP) is 3.22. The maximum atomic E-state index is 13.5. The molecule has 0 aliphatic carbocycles. The highest BCUT2D eigenvalue weighted by Crippen LogP contribution is 2.34. The van der Waals surface area contributed by atoms with E-state index in [1.165, 1.54) is 4.90 Å². The van der Waals surface area contributed by atoms with Crippen LogP contribution in [0.2, 0.25) is 0 Å². The van der Waals surface area contributed by atoms with Crippen LogP contribution in [0.1, 0.15) is 29.2 Å². The molecule has 2 heterocycles. The number of carbonyl (C=O) groups excluding carboxylic acids is 2. The molecule has 1 fully saturated rings. The number of benzene rings is 2. The van der Waals surface area contributed by atoms with Gasteiger partial charge in [0.25, 0.3) is 11.8 Å². The summed E-state index contributed by atoms with van der Waals surface area (Å²) in [5.74, 6) is -0.368. The lowest BCUT2D eigenvalue weighted by Crippen LogP contribution is -2.47. The number of aryl methyl sites for hydroxylation is 2. The van der Waals surface area contributed by atoms with Gasteiger partial charge < -0.3 is 9.80 Å². The van der Waals surface area contributed by atoms with E-state index < -0.39 is 0 Å². The Morgan fingerprint density at radius 1 is 0.867 bits per heavy atom. The predicted molar refractivity (Wildman–Crippen MR) is 119 cm³/mol. The maximum absolute atomic E-state index is 13.5. The van der Waals surface area contributed by atoms with Crippen LogP contribution in [0.5, 0.6) is 0 Å². The fourth-order valence-corrected chi connectivity index (χ4v) is 4.39. The minimum absolute atomic E-state index is 0.177. The van der Waals surface area contributed by atoms with E-state index in [0.717, 1.165) is 55.0 Å². The minimum atomic E-state index is -0.191. The van der Waals surface area contributed by atoms with E-state index in [-0.39, 0.29) is 11.8 Å². The lowest BCUT2D eigenvalue weighted by molar-refractivity contribution is -0.138. The Morgan fingerprint density at radius 3 is 2.20 bits per heavy atom. The molecule has 0 bridgehead atoms. The van der Waals surface area contributed by atoms with E-state index in [2.05, 4.69) is 22.8 Å². The van der Waals surface area contributed by atoms with Crippen molar-refractivity contribution < 1.29 is 9.59 Å². The minimum Gasteiger partial charge on any atom is -0.364 e. The molecule has 0 N–H and O–H groups in total. The number of hydrogen-bond acceptors (Lipinski definition) is 4. The zero-order valence-corrected chi connectivity index (χ0v) is 18.0. The average Bonchev–Trinajstić information content (AvgIpc) is 2.99. The van der Waals surface area contributed by atoms with Crippen molar-refractivity contribution in [2.75, 3.05) is 32.7 Å². The molecule has 0 atom stereocenters. The van der Waals surface area contributed by atoms with E-state index in [1.807, 2.05) is 56.3 Å². The second-order valence-corrected chi connectivity index (χ2v) is 8.15. The molecule has 2 aliphatic rings. The number of piperazine rings is 1. The Bertz CT molecular complexity index is 989. The van der Waals surface area contributed by atoms with E-state index in [4.69, 9.17) is 0 Å². The number of hydrogen-bond donors (Lipinski definition) is 0. The molecule has 2 aliphatic heterocycles. The summed E-state index contributed by atoms with van der Waals surface area (Å²) >= 11 is 0. The van der Waals surface area contributed by atoms with Gasteiger partial charge in [-0.2, -0.15) is 0 Å². The summed E-state index contributed by atoms with van der Waals surface area (Å²) in [7, 11) is 0. The highest BCUT2D eigenvalue weighted by Gasteiger charge is 2.42. The number of rotatable bonds is 5. The quantitative estimate of drug-likeness (QED) is 0.719. The van der Waals surface area contributed by atoms with Crippen molar-refractivity contribution >= 4 is 17.4 Å². The molecular weight excluding hydrogens is 374 g/mol. The number of amides is 2. The molecule has 30 heavy (non-hydrogen) atoms. The van der Waals surface area contributed by atoms with Crippen LogP contribution in [-0.2, 0) is 16.1 Å². The Morgan fingerprint density at radius 2 is 1.57 bits per heavy atom. The van der Waals surface area contributed by atoms with Crippen LogP contribution in [0.25, 0.3) is 5.57 Å². The third-order valence-electron chi connectivity index (χ3n) is 6.11. The SMILES string of the molecule is CCN1CCN(C2=C(c3ccc(C)cc3C)C(=O)N(Cc3ccccc3)C2=O)CC1. The van der Waals surface area contributed by atoms with E-state index in [1.54, 1.807) is 0 Å². The summed E-state index contributed by atoms with van der Waals surface area (Å²) in [5.41, 5.74) is 5.11. The largest absolute Gasteiger partial charge is 0.364 e. The number of nitrogens with zero attached hydrogens (tertiary/aromatic N) is 3. The summed E-state index contributed by atoms with van der Waals surface area (Å²) in [4.78, 5) is 33.0. The fraction of sp³-hybridized carbons (Fsp3) is 0.360. The molecule has 156 valence electrons. The fourth-order valence-electron chi connectivity index (χ4n) is 4.39. The molecule has 2 aromatic carbocycles. The number of likely N-dealkylation sites (N-methyl/N-ethyl adjacent to an activating group) is 1. The van der Waals surface area contributed by atoms with Crippen molar-refractivity contribution in [1.29, 1.82) is 0 Å². The van der Waals surface area contributed by atoms with Gasteiger partial charge in [-0.15, -0.1) is 0 Å². The van der Waals surface area contributed by atoms with Crippen LogP contribution < -0.4 is 0 Å². The first kappa shape index (κ1) is 20.4. The summed E-state index contributed by atoms with van der Waals surface area (Å²) in [6, 6.07) is 15.8. The van der Waals surface area contributed by atoms with Gasteiger partial charge in [0.1, 0.15) is 5.70 Å². The molecule has 0 unspecified atom stereocenters. The Balaban J connectivity index is 1.74. The molecule has 2 amide bonds. The summed E-state index contributed by atoms with van der Waals surface area (Å²) in [5, 5.41) is 0. The van der Waals surface area contributed by atoms with Crippen LogP contribution in [0.4, 0.5) is 0 Å². The van der Waals surface area contributed by atoms with Crippen LogP contribution in [0.3, 0.4) is 0 Å². The van der Waals surface area contributed by atoms with Gasteiger partial charge in [0.2, 0.25) is 0 Å².